The van der Waals surface area contributed by atoms with Gasteiger partial charge in [0.25, 0.3) is 0 Å². The fraction of sp³-hybridized carbons (Fsp3) is 0.316. The van der Waals surface area contributed by atoms with Crippen molar-refractivity contribution < 1.29 is 9.90 Å². The van der Waals surface area contributed by atoms with Gasteiger partial charge in [-0.2, -0.15) is 0 Å². The molecule has 0 saturated carbocycles. The Kier molecular flexibility index (Phi) is 3.44. The first-order valence-electron chi connectivity index (χ1n) is 7.62. The van der Waals surface area contributed by atoms with Gasteiger partial charge in [0.2, 0.25) is 5.91 Å². The van der Waals surface area contributed by atoms with Crippen molar-refractivity contribution >= 4 is 11.6 Å². The van der Waals surface area contributed by atoms with Crippen molar-refractivity contribution in [3.8, 4) is 5.75 Å². The smallest absolute Gasteiger partial charge is 0.237 e. The Morgan fingerprint density at radius 2 is 1.86 bits per heavy atom. The molecule has 114 valence electrons. The number of aromatic hydroxyl groups is 1. The van der Waals surface area contributed by atoms with Crippen molar-refractivity contribution in [3.63, 3.8) is 0 Å². The third kappa shape index (κ3) is 2.00. The van der Waals surface area contributed by atoms with E-state index in [2.05, 4.69) is 19.9 Å². The van der Waals surface area contributed by atoms with E-state index >= 15 is 0 Å². The molecule has 3 nitrogen and oxygen atoms in total. The van der Waals surface area contributed by atoms with Gasteiger partial charge in [-0.05, 0) is 41.7 Å². The molecule has 0 radical (unpaired) electrons. The number of anilines is 1. The van der Waals surface area contributed by atoms with Crippen molar-refractivity contribution in [2.45, 2.75) is 25.7 Å². The van der Waals surface area contributed by atoms with E-state index in [9.17, 15) is 9.90 Å². The van der Waals surface area contributed by atoms with E-state index in [1.54, 1.807) is 17.0 Å². The predicted molar refractivity (Wildman–Crippen MR) is 88.2 cm³/mol. The van der Waals surface area contributed by atoms with Gasteiger partial charge in [-0.3, -0.25) is 4.79 Å². The average Bonchev–Trinajstić information content (AvgIpc) is 2.50. The van der Waals surface area contributed by atoms with Crippen LogP contribution in [0, 0.1) is 5.92 Å². The van der Waals surface area contributed by atoms with E-state index in [4.69, 9.17) is 0 Å². The topological polar surface area (TPSA) is 40.5 Å². The van der Waals surface area contributed by atoms with E-state index in [1.807, 2.05) is 37.4 Å². The quantitative estimate of drug-likeness (QED) is 0.921. The summed E-state index contributed by atoms with van der Waals surface area (Å²) in [7, 11) is 1.83. The van der Waals surface area contributed by atoms with Gasteiger partial charge in [-0.1, -0.05) is 44.2 Å². The number of phenols is 1. The van der Waals surface area contributed by atoms with Crippen molar-refractivity contribution in [2.24, 2.45) is 5.92 Å². The van der Waals surface area contributed by atoms with Gasteiger partial charge in [0.05, 0.1) is 5.41 Å². The summed E-state index contributed by atoms with van der Waals surface area (Å²) in [6.45, 7) is 4.15. The predicted octanol–water partition coefficient (Wildman–Crippen LogP) is 3.51. The third-order valence-electron chi connectivity index (χ3n) is 4.86. The minimum Gasteiger partial charge on any atom is -0.508 e. The number of benzene rings is 2. The molecule has 3 rings (SSSR count). The number of nitrogens with zero attached hydrogens (tertiary/aromatic N) is 1. The molecular formula is C19H21NO2. The van der Waals surface area contributed by atoms with Crippen LogP contribution in [0.4, 0.5) is 5.69 Å². The maximum Gasteiger partial charge on any atom is 0.237 e. The molecule has 0 spiro atoms. The van der Waals surface area contributed by atoms with Crippen LogP contribution < -0.4 is 4.90 Å². The van der Waals surface area contributed by atoms with E-state index in [1.165, 1.54) is 5.56 Å². The number of fused-ring (bicyclic) bond motifs is 1. The number of hydrogen-bond donors (Lipinski definition) is 1. The minimum absolute atomic E-state index is 0.0896. The monoisotopic (exact) mass is 295 g/mol. The van der Waals surface area contributed by atoms with Crippen LogP contribution in [0.1, 0.15) is 25.0 Å². The average molecular weight is 295 g/mol. The zero-order valence-corrected chi connectivity index (χ0v) is 13.2. The molecule has 0 fully saturated rings. The fourth-order valence-electron chi connectivity index (χ4n) is 3.57. The Balaban J connectivity index is 2.22. The van der Waals surface area contributed by atoms with E-state index < -0.39 is 5.41 Å². The Labute approximate surface area is 131 Å². The maximum atomic E-state index is 13.2. The molecule has 1 amide bonds. The SMILES string of the molecule is CC(C)C1(c2cccc(O)c2)Cc2ccccc2N(C)C1=O. The molecule has 1 aliphatic rings. The van der Waals surface area contributed by atoms with Crippen LogP contribution in [0.15, 0.2) is 48.5 Å². The molecule has 0 aliphatic carbocycles. The van der Waals surface area contributed by atoms with E-state index in [-0.39, 0.29) is 17.6 Å². The summed E-state index contributed by atoms with van der Waals surface area (Å²) in [6.07, 6.45) is 0.660. The van der Waals surface area contributed by atoms with Gasteiger partial charge in [-0.25, -0.2) is 0 Å². The highest BCUT2D eigenvalue weighted by Gasteiger charge is 2.48. The molecule has 2 aromatic carbocycles. The summed E-state index contributed by atoms with van der Waals surface area (Å²) in [5, 5.41) is 9.86. The molecule has 0 saturated heterocycles. The highest BCUT2D eigenvalue weighted by Crippen LogP contribution is 2.44. The first-order valence-corrected chi connectivity index (χ1v) is 7.62. The third-order valence-corrected chi connectivity index (χ3v) is 4.86. The fourth-order valence-corrected chi connectivity index (χ4v) is 3.57. The molecule has 1 unspecified atom stereocenters. The lowest BCUT2D eigenvalue weighted by Crippen LogP contribution is -2.53. The molecule has 0 bridgehead atoms. The molecule has 1 atom stereocenters. The van der Waals surface area contributed by atoms with E-state index in [0.717, 1.165) is 11.3 Å². The number of likely N-dealkylation sites (N-methyl/N-ethyl adjacent to an activating group) is 1. The van der Waals surface area contributed by atoms with Gasteiger partial charge in [0.1, 0.15) is 5.75 Å². The second-order valence-corrected chi connectivity index (χ2v) is 6.35. The Bertz CT molecular complexity index is 723. The highest BCUT2D eigenvalue weighted by atomic mass is 16.3. The minimum atomic E-state index is -0.637. The normalized spacial score (nSPS) is 21.1. The van der Waals surface area contributed by atoms with Gasteiger partial charge >= 0.3 is 0 Å². The molecule has 22 heavy (non-hydrogen) atoms. The Morgan fingerprint density at radius 1 is 1.14 bits per heavy atom. The number of amides is 1. The van der Waals surface area contributed by atoms with Crippen LogP contribution in [-0.2, 0) is 16.6 Å². The van der Waals surface area contributed by atoms with Crippen molar-refractivity contribution in [3.05, 3.63) is 59.7 Å². The number of rotatable bonds is 2. The van der Waals surface area contributed by atoms with Gasteiger partial charge < -0.3 is 10.0 Å². The maximum absolute atomic E-state index is 13.2. The van der Waals surface area contributed by atoms with Crippen LogP contribution in [-0.4, -0.2) is 18.1 Å². The number of para-hydroxylation sites is 1. The number of carbonyl (C=O) groups excluding carboxylic acids is 1. The lowest BCUT2D eigenvalue weighted by molar-refractivity contribution is -0.126. The molecule has 0 aromatic heterocycles. The number of hydrogen-bond acceptors (Lipinski definition) is 2. The second kappa shape index (κ2) is 5.16. The summed E-state index contributed by atoms with van der Waals surface area (Å²) in [5.74, 6) is 0.413. The Hall–Kier alpha value is -2.29. The Morgan fingerprint density at radius 3 is 2.55 bits per heavy atom. The van der Waals surface area contributed by atoms with Crippen LogP contribution in [0.5, 0.6) is 5.75 Å². The zero-order chi connectivity index (χ0) is 15.9. The van der Waals surface area contributed by atoms with Crippen LogP contribution >= 0.6 is 0 Å². The van der Waals surface area contributed by atoms with Gasteiger partial charge in [-0.15, -0.1) is 0 Å². The molecule has 1 N–H and O–H groups in total. The largest absolute Gasteiger partial charge is 0.508 e. The summed E-state index contributed by atoms with van der Waals surface area (Å²) in [5.41, 5.74) is 2.39. The van der Waals surface area contributed by atoms with Crippen LogP contribution in [0.25, 0.3) is 0 Å². The summed E-state index contributed by atoms with van der Waals surface area (Å²) in [4.78, 5) is 15.0. The first-order chi connectivity index (χ1) is 10.5. The summed E-state index contributed by atoms with van der Waals surface area (Å²) in [6, 6.07) is 15.2. The second-order valence-electron chi connectivity index (χ2n) is 6.35. The molecule has 3 heteroatoms. The number of phenolic OH excluding ortho intramolecular Hbond substituents is 1. The van der Waals surface area contributed by atoms with Gasteiger partial charge in [0, 0.05) is 12.7 Å². The molecular weight excluding hydrogens is 274 g/mol. The van der Waals surface area contributed by atoms with Crippen molar-refractivity contribution in [2.75, 3.05) is 11.9 Å². The standard InChI is InChI=1S/C19H21NO2/c1-13(2)19(15-8-6-9-16(21)11-15)12-14-7-4-5-10-17(14)20(3)18(19)22/h4-11,13,21H,12H2,1-3H3. The van der Waals surface area contributed by atoms with Gasteiger partial charge in [0.15, 0.2) is 0 Å². The summed E-state index contributed by atoms with van der Waals surface area (Å²) < 4.78 is 0. The zero-order valence-electron chi connectivity index (χ0n) is 13.2. The summed E-state index contributed by atoms with van der Waals surface area (Å²) >= 11 is 0. The van der Waals surface area contributed by atoms with Crippen molar-refractivity contribution in [1.82, 2.24) is 0 Å². The lowest BCUT2D eigenvalue weighted by Gasteiger charge is -2.44. The van der Waals surface area contributed by atoms with Crippen molar-refractivity contribution in [1.29, 1.82) is 0 Å². The van der Waals surface area contributed by atoms with Crippen LogP contribution in [0.2, 0.25) is 0 Å². The lowest BCUT2D eigenvalue weighted by atomic mass is 9.65. The van der Waals surface area contributed by atoms with Crippen LogP contribution in [0.3, 0.4) is 0 Å². The highest BCUT2D eigenvalue weighted by molar-refractivity contribution is 6.04. The molecule has 1 heterocycles. The molecule has 2 aromatic rings. The number of carbonyl (C=O) groups is 1. The molecule has 1 aliphatic heterocycles. The first kappa shape index (κ1) is 14.6. The van der Waals surface area contributed by atoms with E-state index in [0.29, 0.717) is 6.42 Å².